The Kier molecular flexibility index (Phi) is 5.19. The summed E-state index contributed by atoms with van der Waals surface area (Å²) in [5.74, 6) is 0.188. The zero-order valence-electron chi connectivity index (χ0n) is 16.6. The third-order valence-corrected chi connectivity index (χ3v) is 5.92. The normalized spacial score (nSPS) is 17.6. The number of anilines is 1. The lowest BCUT2D eigenvalue weighted by Gasteiger charge is -2.37. The first-order valence-electron chi connectivity index (χ1n) is 10.3. The molecule has 2 heterocycles. The van der Waals surface area contributed by atoms with Gasteiger partial charge in [0.1, 0.15) is 6.54 Å². The van der Waals surface area contributed by atoms with E-state index in [0.29, 0.717) is 6.54 Å². The standard InChI is InChI=1S/C22H30N4O/c1-17-8-9-18(2)21(14-17)24-10-12-25(13-11-24)22(27)16-26-15-19-6-4-3-5-7-20(19)23-26/h8-9,14-15H,3-7,10-13,16H2,1-2H3. The number of aryl methyl sites for hydroxylation is 4. The van der Waals surface area contributed by atoms with Crippen molar-refractivity contribution in [1.29, 1.82) is 0 Å². The van der Waals surface area contributed by atoms with Crippen molar-refractivity contribution < 1.29 is 4.79 Å². The van der Waals surface area contributed by atoms with Gasteiger partial charge in [-0.3, -0.25) is 9.48 Å². The van der Waals surface area contributed by atoms with E-state index in [0.717, 1.165) is 39.0 Å². The first kappa shape index (κ1) is 18.1. The minimum Gasteiger partial charge on any atom is -0.368 e. The average Bonchev–Trinajstić information content (AvgIpc) is 2.92. The number of carbonyl (C=O) groups is 1. The maximum atomic E-state index is 12.8. The molecule has 1 aliphatic heterocycles. The van der Waals surface area contributed by atoms with Gasteiger partial charge in [-0.2, -0.15) is 5.10 Å². The van der Waals surface area contributed by atoms with Gasteiger partial charge in [0.25, 0.3) is 0 Å². The highest BCUT2D eigenvalue weighted by Crippen LogP contribution is 2.23. The van der Waals surface area contributed by atoms with Gasteiger partial charge in [0.2, 0.25) is 5.91 Å². The first-order chi connectivity index (χ1) is 13.1. The summed E-state index contributed by atoms with van der Waals surface area (Å²) in [5, 5.41) is 4.69. The summed E-state index contributed by atoms with van der Waals surface area (Å²) in [6.45, 7) is 8.02. The van der Waals surface area contributed by atoms with E-state index in [9.17, 15) is 4.79 Å². The second-order valence-electron chi connectivity index (χ2n) is 8.02. The molecule has 5 nitrogen and oxygen atoms in total. The van der Waals surface area contributed by atoms with Crippen LogP contribution >= 0.6 is 0 Å². The van der Waals surface area contributed by atoms with Crippen LogP contribution in [0.5, 0.6) is 0 Å². The van der Waals surface area contributed by atoms with Crippen molar-refractivity contribution >= 4 is 11.6 Å². The fourth-order valence-corrected chi connectivity index (χ4v) is 4.28. The van der Waals surface area contributed by atoms with Gasteiger partial charge in [0, 0.05) is 38.1 Å². The lowest BCUT2D eigenvalue weighted by Crippen LogP contribution is -2.49. The van der Waals surface area contributed by atoms with Gasteiger partial charge in [0.05, 0.1) is 5.69 Å². The highest BCUT2D eigenvalue weighted by atomic mass is 16.2. The molecule has 1 fully saturated rings. The van der Waals surface area contributed by atoms with Crippen LogP contribution in [0.3, 0.4) is 0 Å². The summed E-state index contributed by atoms with van der Waals surface area (Å²) < 4.78 is 1.87. The van der Waals surface area contributed by atoms with E-state index < -0.39 is 0 Å². The summed E-state index contributed by atoms with van der Waals surface area (Å²) in [5.41, 5.74) is 6.45. The van der Waals surface area contributed by atoms with Crippen molar-refractivity contribution in [1.82, 2.24) is 14.7 Å². The summed E-state index contributed by atoms with van der Waals surface area (Å²) in [6.07, 6.45) is 8.03. The topological polar surface area (TPSA) is 41.4 Å². The molecule has 1 aromatic heterocycles. The minimum absolute atomic E-state index is 0.188. The maximum absolute atomic E-state index is 12.8. The Morgan fingerprint density at radius 2 is 1.81 bits per heavy atom. The van der Waals surface area contributed by atoms with Crippen molar-refractivity contribution in [3.63, 3.8) is 0 Å². The number of piperazine rings is 1. The molecular formula is C22H30N4O. The molecule has 0 N–H and O–H groups in total. The van der Waals surface area contributed by atoms with Crippen molar-refractivity contribution in [2.24, 2.45) is 0 Å². The Morgan fingerprint density at radius 3 is 2.63 bits per heavy atom. The van der Waals surface area contributed by atoms with E-state index in [4.69, 9.17) is 0 Å². The molecule has 4 rings (SSSR count). The number of hydrogen-bond donors (Lipinski definition) is 0. The molecule has 0 spiro atoms. The lowest BCUT2D eigenvalue weighted by atomic mass is 10.1. The summed E-state index contributed by atoms with van der Waals surface area (Å²) in [6, 6.07) is 6.60. The SMILES string of the molecule is Cc1ccc(C)c(N2CCN(C(=O)Cn3cc4c(n3)CCCCC4)CC2)c1. The number of rotatable bonds is 3. The quantitative estimate of drug-likeness (QED) is 0.784. The van der Waals surface area contributed by atoms with Crippen LogP contribution < -0.4 is 4.90 Å². The molecule has 1 saturated heterocycles. The number of fused-ring (bicyclic) bond motifs is 1. The van der Waals surface area contributed by atoms with Crippen LogP contribution in [0.1, 0.15) is 41.6 Å². The molecule has 0 atom stereocenters. The van der Waals surface area contributed by atoms with Gasteiger partial charge < -0.3 is 9.80 Å². The van der Waals surface area contributed by atoms with E-state index in [1.165, 1.54) is 47.3 Å². The fourth-order valence-electron chi connectivity index (χ4n) is 4.28. The molecule has 0 bridgehead atoms. The fraction of sp³-hybridized carbons (Fsp3) is 0.545. The van der Waals surface area contributed by atoms with Crippen LogP contribution in [-0.4, -0.2) is 46.8 Å². The van der Waals surface area contributed by atoms with Crippen molar-refractivity contribution in [3.8, 4) is 0 Å². The predicted molar refractivity (Wildman–Crippen MR) is 108 cm³/mol. The third kappa shape index (κ3) is 4.02. The molecular weight excluding hydrogens is 336 g/mol. The third-order valence-electron chi connectivity index (χ3n) is 5.92. The van der Waals surface area contributed by atoms with E-state index >= 15 is 0 Å². The van der Waals surface area contributed by atoms with Gasteiger partial charge in [-0.1, -0.05) is 18.6 Å². The van der Waals surface area contributed by atoms with Crippen LogP contribution in [0.15, 0.2) is 24.4 Å². The molecule has 0 unspecified atom stereocenters. The summed E-state index contributed by atoms with van der Waals surface area (Å²) in [7, 11) is 0. The number of aromatic nitrogens is 2. The molecule has 1 aromatic carbocycles. The highest BCUT2D eigenvalue weighted by Gasteiger charge is 2.23. The van der Waals surface area contributed by atoms with Crippen molar-refractivity contribution in [2.45, 2.75) is 52.5 Å². The molecule has 2 aromatic rings. The molecule has 5 heteroatoms. The molecule has 0 saturated carbocycles. The van der Waals surface area contributed by atoms with E-state index in [-0.39, 0.29) is 5.91 Å². The number of benzene rings is 1. The second kappa shape index (κ2) is 7.75. The summed E-state index contributed by atoms with van der Waals surface area (Å²) >= 11 is 0. The molecule has 2 aliphatic rings. The molecule has 1 amide bonds. The van der Waals surface area contributed by atoms with Crippen molar-refractivity contribution in [2.75, 3.05) is 31.1 Å². The maximum Gasteiger partial charge on any atom is 0.244 e. The van der Waals surface area contributed by atoms with Crippen LogP contribution in [0, 0.1) is 13.8 Å². The minimum atomic E-state index is 0.188. The average molecular weight is 367 g/mol. The largest absolute Gasteiger partial charge is 0.368 e. The van der Waals surface area contributed by atoms with Gasteiger partial charge in [-0.15, -0.1) is 0 Å². The van der Waals surface area contributed by atoms with Crippen LogP contribution in [0.25, 0.3) is 0 Å². The number of nitrogens with zero attached hydrogens (tertiary/aromatic N) is 4. The lowest BCUT2D eigenvalue weighted by molar-refractivity contribution is -0.132. The zero-order valence-corrected chi connectivity index (χ0v) is 16.6. The molecule has 0 radical (unpaired) electrons. The van der Waals surface area contributed by atoms with E-state index in [2.05, 4.69) is 48.2 Å². The Bertz CT molecular complexity index is 794. The van der Waals surface area contributed by atoms with Crippen LogP contribution in [0.2, 0.25) is 0 Å². The van der Waals surface area contributed by atoms with E-state index in [1.54, 1.807) is 0 Å². The number of carbonyl (C=O) groups excluding carboxylic acids is 1. The Morgan fingerprint density at radius 1 is 1.04 bits per heavy atom. The van der Waals surface area contributed by atoms with Crippen LogP contribution in [0.4, 0.5) is 5.69 Å². The number of amides is 1. The molecule has 27 heavy (non-hydrogen) atoms. The molecule has 1 aliphatic carbocycles. The highest BCUT2D eigenvalue weighted by molar-refractivity contribution is 5.76. The Balaban J connectivity index is 1.35. The monoisotopic (exact) mass is 366 g/mol. The van der Waals surface area contributed by atoms with Crippen LogP contribution in [-0.2, 0) is 24.2 Å². The van der Waals surface area contributed by atoms with Gasteiger partial charge in [-0.25, -0.2) is 0 Å². The van der Waals surface area contributed by atoms with Gasteiger partial charge in [-0.05, 0) is 62.3 Å². The second-order valence-corrected chi connectivity index (χ2v) is 8.02. The van der Waals surface area contributed by atoms with E-state index in [1.807, 2.05) is 9.58 Å². The zero-order chi connectivity index (χ0) is 18.8. The first-order valence-corrected chi connectivity index (χ1v) is 10.3. The Hall–Kier alpha value is -2.30. The van der Waals surface area contributed by atoms with Gasteiger partial charge >= 0.3 is 0 Å². The Labute approximate surface area is 162 Å². The van der Waals surface area contributed by atoms with Gasteiger partial charge in [0.15, 0.2) is 0 Å². The molecule has 144 valence electrons. The smallest absolute Gasteiger partial charge is 0.244 e. The van der Waals surface area contributed by atoms with Crippen molar-refractivity contribution in [3.05, 3.63) is 46.8 Å². The number of hydrogen-bond acceptors (Lipinski definition) is 3. The summed E-state index contributed by atoms with van der Waals surface area (Å²) in [4.78, 5) is 17.2. The predicted octanol–water partition coefficient (Wildman–Crippen LogP) is 3.12.